The smallest absolute Gasteiger partial charge is 0.321 e. The van der Waals surface area contributed by atoms with Gasteiger partial charge in [0.15, 0.2) is 0 Å². The number of carbonyl (C=O) groups is 2. The highest BCUT2D eigenvalue weighted by molar-refractivity contribution is 7.80. The lowest BCUT2D eigenvalue weighted by Gasteiger charge is -2.25. The van der Waals surface area contributed by atoms with E-state index in [0.29, 0.717) is 24.6 Å². The molecule has 0 spiro atoms. The number of urea groups is 1. The van der Waals surface area contributed by atoms with E-state index in [-0.39, 0.29) is 5.91 Å². The standard InChI is InChI=1S/C10H20N4O2S/c1-4-12-10(16)13-9(15)7(3)14(5-2)6-8(11)17/h7H,4-6H2,1-3H3,(H2,11,17)(H2,12,13,15,16). The Balaban J connectivity index is 4.35. The Hall–Kier alpha value is -1.21. The number of nitrogens with one attached hydrogen (secondary N) is 2. The number of rotatable bonds is 6. The van der Waals surface area contributed by atoms with Crippen LogP contribution in [0.5, 0.6) is 0 Å². The highest BCUT2D eigenvalue weighted by Gasteiger charge is 2.21. The summed E-state index contributed by atoms with van der Waals surface area (Å²) in [5.74, 6) is -0.367. The Labute approximate surface area is 107 Å². The van der Waals surface area contributed by atoms with Crippen LogP contribution >= 0.6 is 12.2 Å². The summed E-state index contributed by atoms with van der Waals surface area (Å²) >= 11 is 4.80. The van der Waals surface area contributed by atoms with E-state index in [2.05, 4.69) is 10.6 Å². The predicted octanol–water partition coefficient (Wildman–Crippen LogP) is -0.171. The lowest BCUT2D eigenvalue weighted by atomic mass is 10.2. The monoisotopic (exact) mass is 260 g/mol. The van der Waals surface area contributed by atoms with Crippen LogP contribution in [0.15, 0.2) is 0 Å². The van der Waals surface area contributed by atoms with E-state index < -0.39 is 12.1 Å². The quantitative estimate of drug-likeness (QED) is 0.577. The maximum Gasteiger partial charge on any atom is 0.321 e. The largest absolute Gasteiger partial charge is 0.392 e. The summed E-state index contributed by atoms with van der Waals surface area (Å²) in [4.78, 5) is 25.0. The average molecular weight is 260 g/mol. The number of nitrogens with zero attached hydrogens (tertiary/aromatic N) is 1. The van der Waals surface area contributed by atoms with Crippen molar-refractivity contribution in [3.63, 3.8) is 0 Å². The number of hydrogen-bond donors (Lipinski definition) is 3. The second-order valence-corrected chi connectivity index (χ2v) is 4.08. The first-order chi connectivity index (χ1) is 7.92. The van der Waals surface area contributed by atoms with E-state index in [1.54, 1.807) is 18.7 Å². The van der Waals surface area contributed by atoms with Gasteiger partial charge in [0.1, 0.15) is 0 Å². The highest BCUT2D eigenvalue weighted by atomic mass is 32.1. The summed E-state index contributed by atoms with van der Waals surface area (Å²) in [5.41, 5.74) is 5.43. The molecule has 1 unspecified atom stereocenters. The molecule has 7 heteroatoms. The average Bonchev–Trinajstić information content (AvgIpc) is 2.24. The zero-order valence-electron chi connectivity index (χ0n) is 10.4. The summed E-state index contributed by atoms with van der Waals surface area (Å²) in [6.07, 6.45) is 0. The number of amides is 3. The van der Waals surface area contributed by atoms with Crippen molar-refractivity contribution < 1.29 is 9.59 Å². The second kappa shape index (κ2) is 7.97. The molecule has 0 bridgehead atoms. The maximum atomic E-state index is 11.7. The molecule has 0 saturated heterocycles. The molecule has 6 nitrogen and oxygen atoms in total. The number of imide groups is 1. The summed E-state index contributed by atoms with van der Waals surface area (Å²) in [6.45, 7) is 6.83. The van der Waals surface area contributed by atoms with E-state index in [1.165, 1.54) is 0 Å². The van der Waals surface area contributed by atoms with Gasteiger partial charge in [0, 0.05) is 13.1 Å². The minimum Gasteiger partial charge on any atom is -0.392 e. The molecular formula is C10H20N4O2S. The molecule has 17 heavy (non-hydrogen) atoms. The number of likely N-dealkylation sites (N-methyl/N-ethyl adjacent to an activating group) is 1. The summed E-state index contributed by atoms with van der Waals surface area (Å²) in [6, 6.07) is -0.945. The molecule has 0 aliphatic rings. The van der Waals surface area contributed by atoms with Crippen LogP contribution < -0.4 is 16.4 Å². The summed E-state index contributed by atoms with van der Waals surface area (Å²) in [7, 11) is 0. The molecule has 98 valence electrons. The molecule has 0 aromatic heterocycles. The molecular weight excluding hydrogens is 240 g/mol. The number of thiocarbonyl (C=S) groups is 1. The zero-order valence-corrected chi connectivity index (χ0v) is 11.3. The first kappa shape index (κ1) is 15.8. The van der Waals surface area contributed by atoms with Gasteiger partial charge in [-0.25, -0.2) is 4.79 Å². The second-order valence-electron chi connectivity index (χ2n) is 3.55. The van der Waals surface area contributed by atoms with Crippen molar-refractivity contribution >= 4 is 29.1 Å². The molecule has 0 fully saturated rings. The topological polar surface area (TPSA) is 87.5 Å². The van der Waals surface area contributed by atoms with Gasteiger partial charge >= 0.3 is 6.03 Å². The van der Waals surface area contributed by atoms with Crippen LogP contribution in [0.1, 0.15) is 20.8 Å². The Kier molecular flexibility index (Phi) is 7.40. The van der Waals surface area contributed by atoms with Crippen LogP contribution in [-0.4, -0.2) is 47.5 Å². The van der Waals surface area contributed by atoms with Crippen molar-refractivity contribution in [3.8, 4) is 0 Å². The highest BCUT2D eigenvalue weighted by Crippen LogP contribution is 1.98. The van der Waals surface area contributed by atoms with Gasteiger partial charge < -0.3 is 11.1 Å². The van der Waals surface area contributed by atoms with E-state index in [0.717, 1.165) is 0 Å². The van der Waals surface area contributed by atoms with E-state index in [1.807, 2.05) is 6.92 Å². The molecule has 0 aliphatic heterocycles. The fraction of sp³-hybridized carbons (Fsp3) is 0.700. The van der Waals surface area contributed by atoms with Crippen LogP contribution in [0.2, 0.25) is 0 Å². The molecule has 0 aliphatic carbocycles. The number of carbonyl (C=O) groups excluding carboxylic acids is 2. The Morgan fingerprint density at radius 2 is 2.00 bits per heavy atom. The van der Waals surface area contributed by atoms with Crippen molar-refractivity contribution in [3.05, 3.63) is 0 Å². The lowest BCUT2D eigenvalue weighted by Crippen LogP contribution is -2.51. The molecule has 4 N–H and O–H groups in total. The van der Waals surface area contributed by atoms with Gasteiger partial charge in [0.25, 0.3) is 0 Å². The number of hydrogen-bond acceptors (Lipinski definition) is 4. The third-order valence-electron chi connectivity index (χ3n) is 2.27. The Morgan fingerprint density at radius 3 is 2.41 bits per heavy atom. The summed E-state index contributed by atoms with van der Waals surface area (Å²) < 4.78 is 0. The molecule has 0 radical (unpaired) electrons. The molecule has 1 atom stereocenters. The minimum absolute atomic E-state index is 0.324. The molecule has 0 aromatic rings. The van der Waals surface area contributed by atoms with Crippen LogP contribution in [-0.2, 0) is 4.79 Å². The Bertz CT molecular complexity index is 296. The van der Waals surface area contributed by atoms with Crippen LogP contribution in [0.25, 0.3) is 0 Å². The predicted molar refractivity (Wildman–Crippen MR) is 70.7 cm³/mol. The fourth-order valence-corrected chi connectivity index (χ4v) is 1.48. The number of nitrogens with two attached hydrogens (primary N) is 1. The zero-order chi connectivity index (χ0) is 13.4. The van der Waals surface area contributed by atoms with Crippen LogP contribution in [0, 0.1) is 0 Å². The van der Waals surface area contributed by atoms with E-state index in [9.17, 15) is 9.59 Å². The van der Waals surface area contributed by atoms with Crippen LogP contribution in [0.3, 0.4) is 0 Å². The van der Waals surface area contributed by atoms with Gasteiger partial charge in [-0.2, -0.15) is 0 Å². The first-order valence-electron chi connectivity index (χ1n) is 5.53. The fourth-order valence-electron chi connectivity index (χ4n) is 1.31. The van der Waals surface area contributed by atoms with Gasteiger partial charge in [0.2, 0.25) is 5.91 Å². The van der Waals surface area contributed by atoms with Gasteiger partial charge in [-0.1, -0.05) is 19.1 Å². The van der Waals surface area contributed by atoms with Crippen molar-refractivity contribution in [2.75, 3.05) is 19.6 Å². The van der Waals surface area contributed by atoms with Crippen LogP contribution in [0.4, 0.5) is 4.79 Å². The Morgan fingerprint density at radius 1 is 1.41 bits per heavy atom. The maximum absolute atomic E-state index is 11.7. The molecule has 0 heterocycles. The van der Waals surface area contributed by atoms with Crippen molar-refractivity contribution in [2.45, 2.75) is 26.8 Å². The van der Waals surface area contributed by atoms with Crippen molar-refractivity contribution in [1.82, 2.24) is 15.5 Å². The molecule has 0 saturated carbocycles. The normalized spacial score (nSPS) is 12.0. The van der Waals surface area contributed by atoms with Gasteiger partial charge in [-0.15, -0.1) is 0 Å². The SMILES string of the molecule is CCNC(=O)NC(=O)C(C)N(CC)CC(N)=S. The summed E-state index contributed by atoms with van der Waals surface area (Å²) in [5, 5.41) is 4.74. The first-order valence-corrected chi connectivity index (χ1v) is 5.94. The molecule has 0 aromatic carbocycles. The van der Waals surface area contributed by atoms with Gasteiger partial charge in [-0.3, -0.25) is 15.0 Å². The lowest BCUT2D eigenvalue weighted by molar-refractivity contribution is -0.124. The third-order valence-corrected chi connectivity index (χ3v) is 2.40. The van der Waals surface area contributed by atoms with Gasteiger partial charge in [0.05, 0.1) is 11.0 Å². The molecule has 0 rings (SSSR count). The van der Waals surface area contributed by atoms with Crippen molar-refractivity contribution in [1.29, 1.82) is 0 Å². The van der Waals surface area contributed by atoms with Crippen molar-refractivity contribution in [2.24, 2.45) is 5.73 Å². The van der Waals surface area contributed by atoms with E-state index in [4.69, 9.17) is 18.0 Å². The third kappa shape index (κ3) is 6.18. The minimum atomic E-state index is -0.490. The molecule has 3 amide bonds. The van der Waals surface area contributed by atoms with E-state index >= 15 is 0 Å². The van der Waals surface area contributed by atoms with Gasteiger partial charge in [-0.05, 0) is 20.4 Å².